The summed E-state index contributed by atoms with van der Waals surface area (Å²) in [6.45, 7) is 0.326. The molecule has 0 unspecified atom stereocenters. The molecule has 22 heavy (non-hydrogen) atoms. The molecule has 2 fully saturated rings. The first-order valence-electron chi connectivity index (χ1n) is 7.58. The third kappa shape index (κ3) is 2.44. The van der Waals surface area contributed by atoms with Gasteiger partial charge in [-0.15, -0.1) is 5.10 Å². The van der Waals surface area contributed by atoms with Crippen LogP contribution in [0.3, 0.4) is 0 Å². The minimum absolute atomic E-state index is 0.144. The number of para-hydroxylation sites is 1. The van der Waals surface area contributed by atoms with Gasteiger partial charge in [0.2, 0.25) is 10.0 Å². The average molecular weight is 318 g/mol. The Balaban J connectivity index is 1.58. The summed E-state index contributed by atoms with van der Waals surface area (Å²) in [7, 11) is -3.16. The predicted molar refractivity (Wildman–Crippen MR) is 81.8 cm³/mol. The third-order valence-corrected chi connectivity index (χ3v) is 6.64. The van der Waals surface area contributed by atoms with Crippen LogP contribution in [0.4, 0.5) is 0 Å². The molecule has 2 aliphatic rings. The molecule has 0 amide bonds. The van der Waals surface area contributed by atoms with Gasteiger partial charge in [-0.1, -0.05) is 23.4 Å². The van der Waals surface area contributed by atoms with Gasteiger partial charge in [0.05, 0.1) is 29.9 Å². The van der Waals surface area contributed by atoms with Crippen LogP contribution in [0.1, 0.15) is 25.0 Å². The molecule has 116 valence electrons. The van der Waals surface area contributed by atoms with Crippen molar-refractivity contribution in [1.29, 1.82) is 0 Å². The maximum atomic E-state index is 12.4. The molecule has 1 aliphatic carbocycles. The minimum Gasteiger partial charge on any atom is -0.220 e. The molecule has 0 spiro atoms. The lowest BCUT2D eigenvalue weighted by atomic mass is 10.1. The zero-order valence-corrected chi connectivity index (χ0v) is 13.0. The Bertz CT molecular complexity index is 772. The van der Waals surface area contributed by atoms with Crippen molar-refractivity contribution in [3.05, 3.63) is 42.2 Å². The minimum atomic E-state index is -3.16. The van der Waals surface area contributed by atoms with E-state index >= 15 is 0 Å². The Morgan fingerprint density at radius 3 is 2.82 bits per heavy atom. The molecular formula is C15H18N4O2S. The van der Waals surface area contributed by atoms with Gasteiger partial charge < -0.3 is 0 Å². The van der Waals surface area contributed by atoms with Crippen LogP contribution < -0.4 is 0 Å². The summed E-state index contributed by atoms with van der Waals surface area (Å²) in [5.41, 5.74) is 1.61. The molecule has 6 nitrogen and oxygen atoms in total. The lowest BCUT2D eigenvalue weighted by Gasteiger charge is -2.31. The van der Waals surface area contributed by atoms with Gasteiger partial charge in [0.1, 0.15) is 0 Å². The molecule has 1 aliphatic heterocycles. The SMILES string of the molecule is O=S1(=O)C[C@@H]2CC[C@@H](C2)N1Cc1cn(-c2ccccc2)nn1. The molecule has 1 aromatic carbocycles. The monoisotopic (exact) mass is 318 g/mol. The highest BCUT2D eigenvalue weighted by Crippen LogP contribution is 2.38. The molecule has 1 aromatic heterocycles. The quantitative estimate of drug-likeness (QED) is 0.862. The summed E-state index contributed by atoms with van der Waals surface area (Å²) in [6, 6.07) is 9.84. The van der Waals surface area contributed by atoms with Gasteiger partial charge >= 0.3 is 0 Å². The zero-order chi connectivity index (χ0) is 15.2. The molecule has 2 aromatic rings. The van der Waals surface area contributed by atoms with Gasteiger partial charge in [-0.05, 0) is 37.3 Å². The molecule has 0 N–H and O–H groups in total. The maximum Gasteiger partial charge on any atom is 0.214 e. The number of nitrogens with zero attached hydrogens (tertiary/aromatic N) is 4. The molecule has 1 saturated carbocycles. The number of hydrogen-bond donors (Lipinski definition) is 0. The van der Waals surface area contributed by atoms with Crippen molar-refractivity contribution in [3.63, 3.8) is 0 Å². The van der Waals surface area contributed by atoms with Gasteiger partial charge in [0.25, 0.3) is 0 Å². The summed E-state index contributed by atoms with van der Waals surface area (Å²) in [6.07, 6.45) is 4.80. The summed E-state index contributed by atoms with van der Waals surface area (Å²) in [5, 5.41) is 8.25. The largest absolute Gasteiger partial charge is 0.220 e. The zero-order valence-electron chi connectivity index (χ0n) is 12.2. The average Bonchev–Trinajstić information content (AvgIpc) is 3.12. The van der Waals surface area contributed by atoms with Gasteiger partial charge in [-0.3, -0.25) is 0 Å². The normalized spacial score (nSPS) is 27.1. The molecular weight excluding hydrogens is 300 g/mol. The van der Waals surface area contributed by atoms with E-state index in [1.807, 2.05) is 36.5 Å². The van der Waals surface area contributed by atoms with Crippen molar-refractivity contribution in [1.82, 2.24) is 19.3 Å². The Morgan fingerprint density at radius 1 is 1.18 bits per heavy atom. The van der Waals surface area contributed by atoms with Crippen molar-refractivity contribution >= 4 is 10.0 Å². The number of fused-ring (bicyclic) bond motifs is 2. The molecule has 2 atom stereocenters. The van der Waals surface area contributed by atoms with Gasteiger partial charge in [-0.2, -0.15) is 4.31 Å². The highest BCUT2D eigenvalue weighted by atomic mass is 32.2. The van der Waals surface area contributed by atoms with E-state index in [-0.39, 0.29) is 11.8 Å². The summed E-state index contributed by atoms with van der Waals surface area (Å²) >= 11 is 0. The van der Waals surface area contributed by atoms with Crippen LogP contribution >= 0.6 is 0 Å². The lowest BCUT2D eigenvalue weighted by Crippen LogP contribution is -2.44. The first-order chi connectivity index (χ1) is 10.6. The number of aromatic nitrogens is 3. The van der Waals surface area contributed by atoms with Crippen LogP contribution in [0.25, 0.3) is 5.69 Å². The summed E-state index contributed by atoms with van der Waals surface area (Å²) in [5.74, 6) is 0.641. The molecule has 1 saturated heterocycles. The number of sulfonamides is 1. The van der Waals surface area contributed by atoms with Crippen molar-refractivity contribution in [2.24, 2.45) is 5.92 Å². The Labute approximate surface area is 129 Å². The van der Waals surface area contributed by atoms with E-state index in [4.69, 9.17) is 0 Å². The fourth-order valence-electron chi connectivity index (χ4n) is 3.55. The van der Waals surface area contributed by atoms with E-state index in [1.165, 1.54) is 0 Å². The second-order valence-corrected chi connectivity index (χ2v) is 8.11. The van der Waals surface area contributed by atoms with Crippen LogP contribution in [-0.2, 0) is 16.6 Å². The van der Waals surface area contributed by atoms with Crippen molar-refractivity contribution in [2.45, 2.75) is 31.8 Å². The molecule has 2 heterocycles. The Kier molecular flexibility index (Phi) is 3.27. The maximum absolute atomic E-state index is 12.4. The van der Waals surface area contributed by atoms with Crippen LogP contribution in [0, 0.1) is 5.92 Å². The standard InChI is InChI=1S/C15H18N4O2S/c20-22(21)11-12-6-7-15(8-12)19(22)10-13-9-18(17-16-13)14-4-2-1-3-5-14/h1-5,9,12,15H,6-8,10-11H2/t12-,15+/m1/s1. The van der Waals surface area contributed by atoms with Crippen LogP contribution in [-0.4, -0.2) is 39.5 Å². The number of benzene rings is 1. The molecule has 2 bridgehead atoms. The van der Waals surface area contributed by atoms with Crippen LogP contribution in [0.5, 0.6) is 0 Å². The number of hydrogen-bond acceptors (Lipinski definition) is 4. The third-order valence-electron chi connectivity index (χ3n) is 4.60. The first-order valence-corrected chi connectivity index (χ1v) is 9.19. The Hall–Kier alpha value is -1.73. The van der Waals surface area contributed by atoms with Crippen molar-refractivity contribution in [3.8, 4) is 5.69 Å². The fraction of sp³-hybridized carbons (Fsp3) is 0.467. The summed E-state index contributed by atoms with van der Waals surface area (Å²) in [4.78, 5) is 0. The van der Waals surface area contributed by atoms with Crippen molar-refractivity contribution < 1.29 is 8.42 Å². The highest BCUT2D eigenvalue weighted by Gasteiger charge is 2.43. The van der Waals surface area contributed by atoms with E-state index in [0.717, 1.165) is 24.9 Å². The second kappa shape index (κ2) is 5.17. The topological polar surface area (TPSA) is 68.1 Å². The van der Waals surface area contributed by atoms with E-state index in [2.05, 4.69) is 10.3 Å². The Morgan fingerprint density at radius 2 is 2.00 bits per heavy atom. The summed E-state index contributed by atoms with van der Waals surface area (Å²) < 4.78 is 28.1. The van der Waals surface area contributed by atoms with Gasteiger partial charge in [-0.25, -0.2) is 13.1 Å². The van der Waals surface area contributed by atoms with E-state index in [1.54, 1.807) is 8.99 Å². The molecule has 7 heteroatoms. The fourth-order valence-corrected chi connectivity index (χ4v) is 5.61. The van der Waals surface area contributed by atoms with E-state index in [0.29, 0.717) is 18.2 Å². The molecule has 4 rings (SSSR count). The lowest BCUT2D eigenvalue weighted by molar-refractivity contribution is 0.291. The molecule has 0 radical (unpaired) electrons. The number of rotatable bonds is 3. The smallest absolute Gasteiger partial charge is 0.214 e. The van der Waals surface area contributed by atoms with Gasteiger partial charge in [0, 0.05) is 6.04 Å². The highest BCUT2D eigenvalue weighted by molar-refractivity contribution is 7.89. The predicted octanol–water partition coefficient (Wildman–Crippen LogP) is 1.58. The van der Waals surface area contributed by atoms with Crippen LogP contribution in [0.15, 0.2) is 36.5 Å². The van der Waals surface area contributed by atoms with Crippen molar-refractivity contribution in [2.75, 3.05) is 5.75 Å². The van der Waals surface area contributed by atoms with Gasteiger partial charge in [0.15, 0.2) is 0 Å². The second-order valence-electron chi connectivity index (χ2n) is 6.15. The first kappa shape index (κ1) is 13.9. The van der Waals surface area contributed by atoms with Crippen LogP contribution in [0.2, 0.25) is 0 Å². The van der Waals surface area contributed by atoms with E-state index < -0.39 is 10.0 Å². The van der Waals surface area contributed by atoms with E-state index in [9.17, 15) is 8.42 Å².